The average Bonchev–Trinajstić information content (AvgIpc) is 2.91. The highest BCUT2D eigenvalue weighted by molar-refractivity contribution is 9.10. The molecule has 1 aromatic carbocycles. The van der Waals surface area contributed by atoms with Gasteiger partial charge >= 0.3 is 0 Å². The number of benzene rings is 1. The second kappa shape index (κ2) is 6.83. The van der Waals surface area contributed by atoms with Crippen molar-refractivity contribution < 1.29 is 0 Å². The minimum absolute atomic E-state index is 0.278. The molecule has 1 atom stereocenters. The predicted molar refractivity (Wildman–Crippen MR) is 84.2 cm³/mol. The van der Waals surface area contributed by atoms with Gasteiger partial charge in [0, 0.05) is 15.7 Å². The van der Waals surface area contributed by atoms with Crippen LogP contribution in [0.2, 0.25) is 0 Å². The van der Waals surface area contributed by atoms with E-state index < -0.39 is 0 Å². The fourth-order valence-electron chi connectivity index (χ4n) is 2.19. The normalized spacial score (nSPS) is 12.6. The lowest BCUT2D eigenvalue weighted by atomic mass is 10.1. The van der Waals surface area contributed by atoms with Crippen molar-refractivity contribution in [1.82, 2.24) is 20.2 Å². The zero-order valence-corrected chi connectivity index (χ0v) is 13.5. The van der Waals surface area contributed by atoms with Crippen molar-refractivity contribution in [2.24, 2.45) is 0 Å². The molecule has 0 fully saturated rings. The fourth-order valence-corrected chi connectivity index (χ4v) is 2.62. The molecular weight excluding hydrogens is 318 g/mol. The Bertz CT molecular complexity index is 566. The van der Waals surface area contributed by atoms with E-state index in [2.05, 4.69) is 45.3 Å². The third-order valence-electron chi connectivity index (χ3n) is 3.37. The molecule has 0 saturated carbocycles. The van der Waals surface area contributed by atoms with E-state index in [4.69, 9.17) is 5.73 Å². The quantitative estimate of drug-likeness (QED) is 0.642. The summed E-state index contributed by atoms with van der Waals surface area (Å²) in [5.74, 6) is 0.758. The van der Waals surface area contributed by atoms with E-state index >= 15 is 0 Å². The summed E-state index contributed by atoms with van der Waals surface area (Å²) in [4.78, 5) is 0. The summed E-state index contributed by atoms with van der Waals surface area (Å²) in [7, 11) is 0. The standard InChI is InChI=1S/C14H20BrN5/c1-3-4-5-6-10(2)20-14(17-18-19-20)12-9-11(16)7-8-13(12)15/h7-10H,3-6,16H2,1-2H3. The maximum absolute atomic E-state index is 5.86. The number of nitrogen functional groups attached to an aromatic ring is 1. The van der Waals surface area contributed by atoms with Crippen molar-refractivity contribution in [3.05, 3.63) is 22.7 Å². The summed E-state index contributed by atoms with van der Waals surface area (Å²) in [5, 5.41) is 12.1. The molecule has 5 nitrogen and oxygen atoms in total. The van der Waals surface area contributed by atoms with Gasteiger partial charge in [0.1, 0.15) is 0 Å². The second-order valence-corrected chi connectivity index (χ2v) is 5.89. The molecule has 1 unspecified atom stereocenters. The molecule has 0 amide bonds. The van der Waals surface area contributed by atoms with E-state index in [9.17, 15) is 0 Å². The van der Waals surface area contributed by atoms with Crippen LogP contribution in [0, 0.1) is 0 Å². The molecule has 2 N–H and O–H groups in total. The minimum Gasteiger partial charge on any atom is -0.399 e. The average molecular weight is 338 g/mol. The van der Waals surface area contributed by atoms with Gasteiger partial charge in [-0.05, 0) is 42.0 Å². The molecule has 2 aromatic rings. The van der Waals surface area contributed by atoms with Crippen molar-refractivity contribution in [3.63, 3.8) is 0 Å². The number of anilines is 1. The van der Waals surface area contributed by atoms with Gasteiger partial charge in [-0.2, -0.15) is 0 Å². The highest BCUT2D eigenvalue weighted by atomic mass is 79.9. The summed E-state index contributed by atoms with van der Waals surface area (Å²) in [5.41, 5.74) is 7.49. The number of tetrazole rings is 1. The number of nitrogens with zero attached hydrogens (tertiary/aromatic N) is 4. The third kappa shape index (κ3) is 3.36. The third-order valence-corrected chi connectivity index (χ3v) is 4.06. The summed E-state index contributed by atoms with van der Waals surface area (Å²) >= 11 is 3.53. The number of hydrogen-bond donors (Lipinski definition) is 1. The van der Waals surface area contributed by atoms with Gasteiger partial charge in [-0.15, -0.1) is 5.10 Å². The summed E-state index contributed by atoms with van der Waals surface area (Å²) in [6.45, 7) is 4.35. The zero-order valence-electron chi connectivity index (χ0n) is 11.9. The van der Waals surface area contributed by atoms with Crippen LogP contribution < -0.4 is 5.73 Å². The molecule has 2 rings (SSSR count). The molecule has 0 bridgehead atoms. The van der Waals surface area contributed by atoms with Gasteiger partial charge in [0.15, 0.2) is 5.82 Å². The summed E-state index contributed by atoms with van der Waals surface area (Å²) in [6, 6.07) is 5.95. The van der Waals surface area contributed by atoms with Crippen LogP contribution in [0.15, 0.2) is 22.7 Å². The molecule has 1 heterocycles. The molecule has 0 saturated heterocycles. The van der Waals surface area contributed by atoms with Crippen LogP contribution in [0.4, 0.5) is 5.69 Å². The van der Waals surface area contributed by atoms with Gasteiger partial charge in [0.2, 0.25) is 0 Å². The van der Waals surface area contributed by atoms with Crippen LogP contribution in [-0.2, 0) is 0 Å². The van der Waals surface area contributed by atoms with Gasteiger partial charge in [-0.25, -0.2) is 4.68 Å². The first-order valence-electron chi connectivity index (χ1n) is 6.96. The van der Waals surface area contributed by atoms with Gasteiger partial charge in [0.25, 0.3) is 0 Å². The topological polar surface area (TPSA) is 69.6 Å². The van der Waals surface area contributed by atoms with Gasteiger partial charge < -0.3 is 5.73 Å². The van der Waals surface area contributed by atoms with Gasteiger partial charge in [-0.3, -0.25) is 0 Å². The Morgan fingerprint density at radius 2 is 2.15 bits per heavy atom. The first-order chi connectivity index (χ1) is 9.63. The Morgan fingerprint density at radius 1 is 1.35 bits per heavy atom. The van der Waals surface area contributed by atoms with Crippen LogP contribution in [0.1, 0.15) is 45.6 Å². The first-order valence-corrected chi connectivity index (χ1v) is 7.76. The lowest BCUT2D eigenvalue weighted by molar-refractivity contribution is 0.432. The molecule has 1 aromatic heterocycles. The molecule has 0 aliphatic rings. The van der Waals surface area contributed by atoms with E-state index in [-0.39, 0.29) is 6.04 Å². The molecule has 108 valence electrons. The van der Waals surface area contributed by atoms with E-state index in [0.29, 0.717) is 5.69 Å². The lowest BCUT2D eigenvalue weighted by Crippen LogP contribution is -2.09. The van der Waals surface area contributed by atoms with Gasteiger partial charge in [0.05, 0.1) is 6.04 Å². The molecule has 0 aliphatic heterocycles. The molecule has 0 radical (unpaired) electrons. The Kier molecular flexibility index (Phi) is 5.11. The fraction of sp³-hybridized carbons (Fsp3) is 0.500. The zero-order chi connectivity index (χ0) is 14.5. The number of unbranched alkanes of at least 4 members (excludes halogenated alkanes) is 2. The van der Waals surface area contributed by atoms with E-state index in [1.165, 1.54) is 19.3 Å². The molecule has 20 heavy (non-hydrogen) atoms. The highest BCUT2D eigenvalue weighted by Gasteiger charge is 2.16. The Morgan fingerprint density at radius 3 is 2.90 bits per heavy atom. The lowest BCUT2D eigenvalue weighted by Gasteiger charge is -2.14. The SMILES string of the molecule is CCCCCC(C)n1nnnc1-c1cc(N)ccc1Br. The summed E-state index contributed by atoms with van der Waals surface area (Å²) < 4.78 is 2.83. The number of aromatic nitrogens is 4. The maximum atomic E-state index is 5.86. The van der Waals surface area contributed by atoms with Crippen LogP contribution in [-0.4, -0.2) is 20.2 Å². The van der Waals surface area contributed by atoms with Crippen molar-refractivity contribution in [2.45, 2.75) is 45.6 Å². The first kappa shape index (κ1) is 15.0. The number of nitrogens with two attached hydrogens (primary N) is 1. The smallest absolute Gasteiger partial charge is 0.183 e. The monoisotopic (exact) mass is 337 g/mol. The van der Waals surface area contributed by atoms with Crippen molar-refractivity contribution in [2.75, 3.05) is 5.73 Å². The molecular formula is C14H20BrN5. The van der Waals surface area contributed by atoms with Crippen molar-refractivity contribution in [3.8, 4) is 11.4 Å². The van der Waals surface area contributed by atoms with E-state index in [1.54, 1.807) is 0 Å². The van der Waals surface area contributed by atoms with Gasteiger partial charge in [-0.1, -0.05) is 42.1 Å². The maximum Gasteiger partial charge on any atom is 0.183 e. The van der Waals surface area contributed by atoms with E-state index in [1.807, 2.05) is 22.9 Å². The summed E-state index contributed by atoms with van der Waals surface area (Å²) in [6.07, 6.45) is 4.72. The largest absolute Gasteiger partial charge is 0.399 e. The second-order valence-electron chi connectivity index (χ2n) is 5.03. The minimum atomic E-state index is 0.278. The van der Waals surface area contributed by atoms with E-state index in [0.717, 1.165) is 22.3 Å². The Labute approximate surface area is 127 Å². The van der Waals surface area contributed by atoms with Crippen LogP contribution in [0.25, 0.3) is 11.4 Å². The van der Waals surface area contributed by atoms with Crippen LogP contribution >= 0.6 is 15.9 Å². The predicted octanol–water partition coefficient (Wildman–Crippen LogP) is 3.83. The highest BCUT2D eigenvalue weighted by Crippen LogP contribution is 2.30. The molecule has 0 spiro atoms. The Balaban J connectivity index is 2.26. The van der Waals surface area contributed by atoms with Crippen molar-refractivity contribution >= 4 is 21.6 Å². The Hall–Kier alpha value is -1.43. The molecule has 6 heteroatoms. The molecule has 0 aliphatic carbocycles. The van der Waals surface area contributed by atoms with Crippen LogP contribution in [0.3, 0.4) is 0 Å². The van der Waals surface area contributed by atoms with Crippen molar-refractivity contribution in [1.29, 1.82) is 0 Å². The van der Waals surface area contributed by atoms with Crippen LogP contribution in [0.5, 0.6) is 0 Å². The number of hydrogen-bond acceptors (Lipinski definition) is 4. The number of halogens is 1. The number of rotatable bonds is 6.